The Kier molecular flexibility index (Phi) is 7.09. The van der Waals surface area contributed by atoms with Gasteiger partial charge in [0.1, 0.15) is 12.7 Å². The number of hydrogen-bond donors (Lipinski definition) is 3. The number of fused-ring (bicyclic) bond motifs is 7. The van der Waals surface area contributed by atoms with Gasteiger partial charge in [-0.3, -0.25) is 9.59 Å². The first-order chi connectivity index (χ1) is 18.4. The molecule has 40 heavy (non-hydrogen) atoms. The number of ketones is 1. The molecule has 6 heteroatoms. The Morgan fingerprint density at radius 2 is 1.68 bits per heavy atom. The van der Waals surface area contributed by atoms with Gasteiger partial charge in [-0.15, -0.1) is 0 Å². The number of rotatable bonds is 4. The van der Waals surface area contributed by atoms with Crippen molar-refractivity contribution < 1.29 is 29.6 Å². The first-order valence-corrected chi connectivity index (χ1v) is 15.8. The van der Waals surface area contributed by atoms with Crippen LogP contribution in [0.15, 0.2) is 11.6 Å². The van der Waals surface area contributed by atoms with E-state index in [0.29, 0.717) is 5.92 Å². The Hall–Kier alpha value is -1.24. The van der Waals surface area contributed by atoms with Crippen LogP contribution in [-0.4, -0.2) is 52.5 Å². The van der Waals surface area contributed by atoms with Gasteiger partial charge in [0.15, 0.2) is 5.78 Å². The molecule has 10 atom stereocenters. The molecule has 5 aliphatic rings. The fourth-order valence-corrected chi connectivity index (χ4v) is 11.0. The van der Waals surface area contributed by atoms with Crippen LogP contribution in [0.4, 0.5) is 0 Å². The molecule has 6 nitrogen and oxygen atoms in total. The van der Waals surface area contributed by atoms with Crippen LogP contribution in [-0.2, 0) is 14.3 Å². The summed E-state index contributed by atoms with van der Waals surface area (Å²) in [6, 6.07) is 0. The molecule has 0 radical (unpaired) electrons. The molecule has 4 unspecified atom stereocenters. The van der Waals surface area contributed by atoms with Crippen LogP contribution in [0.1, 0.15) is 107 Å². The number of esters is 1. The van der Waals surface area contributed by atoms with Crippen molar-refractivity contribution in [3.05, 3.63) is 11.6 Å². The zero-order valence-corrected chi connectivity index (χ0v) is 26.2. The second-order valence-electron chi connectivity index (χ2n) is 16.8. The third kappa shape index (κ3) is 4.05. The lowest BCUT2D eigenvalue weighted by Crippen LogP contribution is -2.69. The number of allylic oxidation sites excluding steroid dienone is 2. The van der Waals surface area contributed by atoms with Crippen LogP contribution < -0.4 is 0 Å². The lowest BCUT2D eigenvalue weighted by atomic mass is 9.32. The number of carbonyl (C=O) groups is 2. The van der Waals surface area contributed by atoms with Gasteiger partial charge in [-0.25, -0.2) is 0 Å². The van der Waals surface area contributed by atoms with Gasteiger partial charge in [-0.2, -0.15) is 0 Å². The average Bonchev–Trinajstić information content (AvgIpc) is 2.86. The summed E-state index contributed by atoms with van der Waals surface area (Å²) < 4.78 is 5.56. The van der Waals surface area contributed by atoms with Crippen LogP contribution in [0.2, 0.25) is 0 Å². The molecule has 0 aromatic heterocycles. The molecule has 0 heterocycles. The number of ether oxygens (including phenoxy) is 1. The van der Waals surface area contributed by atoms with Crippen LogP contribution in [0.25, 0.3) is 0 Å². The molecule has 0 saturated heterocycles. The molecule has 226 valence electrons. The first-order valence-electron chi connectivity index (χ1n) is 15.8. The second kappa shape index (κ2) is 9.38. The fraction of sp³-hybridized carbons (Fsp3) is 0.882. The third-order valence-electron chi connectivity index (χ3n) is 13.9. The van der Waals surface area contributed by atoms with E-state index in [4.69, 9.17) is 4.74 Å². The minimum absolute atomic E-state index is 0.0351. The largest absolute Gasteiger partial charge is 0.463 e. The lowest BCUT2D eigenvalue weighted by Gasteiger charge is -2.71. The molecule has 4 fully saturated rings. The molecule has 5 rings (SSSR count). The summed E-state index contributed by atoms with van der Waals surface area (Å²) in [5.41, 5.74) is 0.225. The fourth-order valence-electron chi connectivity index (χ4n) is 11.0. The van der Waals surface area contributed by atoms with E-state index >= 15 is 0 Å². The van der Waals surface area contributed by atoms with Crippen molar-refractivity contribution in [2.24, 2.45) is 56.2 Å². The van der Waals surface area contributed by atoms with Gasteiger partial charge in [0, 0.05) is 5.92 Å². The van der Waals surface area contributed by atoms with Crippen LogP contribution >= 0.6 is 0 Å². The quantitative estimate of drug-likeness (QED) is 0.395. The number of aliphatic hydroxyl groups is 3. The molecular weight excluding hydrogens is 504 g/mol. The zero-order chi connectivity index (χ0) is 29.7. The van der Waals surface area contributed by atoms with E-state index in [1.54, 1.807) is 0 Å². The summed E-state index contributed by atoms with van der Waals surface area (Å²) in [5, 5.41) is 30.5. The van der Waals surface area contributed by atoms with Crippen LogP contribution in [0.3, 0.4) is 0 Å². The standard InChI is InChI=1S/C34H54O6/c1-29(2)11-12-31(5)13-14-32(6)21(23(31)17-29)15-24(37)27-33(32,7)10-9-25-30(3,4)26(38)16-22(34(25,27)8)28(39)40-19-20(36)18-35/h15,20,22-23,25-27,35-36,38H,9-14,16-19H2,1-8H3/t20?,22?,23-,25?,26+,27?,31-,32-,33-,34+/m1/s1. The number of aliphatic hydroxyl groups excluding tert-OH is 3. The maximum atomic E-state index is 14.6. The third-order valence-corrected chi connectivity index (χ3v) is 13.9. The monoisotopic (exact) mass is 558 g/mol. The maximum absolute atomic E-state index is 14.6. The van der Waals surface area contributed by atoms with E-state index in [1.165, 1.54) is 18.4 Å². The molecular formula is C34H54O6. The smallest absolute Gasteiger partial charge is 0.309 e. The summed E-state index contributed by atoms with van der Waals surface area (Å²) in [5.74, 6) is -0.992. The minimum atomic E-state index is -1.15. The topological polar surface area (TPSA) is 104 Å². The Balaban J connectivity index is 1.62. The highest BCUT2D eigenvalue weighted by Crippen LogP contribution is 2.75. The molecule has 3 N–H and O–H groups in total. The normalized spacial score (nSPS) is 48.0. The number of hydrogen-bond acceptors (Lipinski definition) is 6. The average molecular weight is 559 g/mol. The number of carbonyl (C=O) groups excluding carboxylic acids is 2. The van der Waals surface area contributed by atoms with E-state index in [9.17, 15) is 24.9 Å². The predicted octanol–water partition coefficient (Wildman–Crippen LogP) is 5.47. The molecule has 4 saturated carbocycles. The van der Waals surface area contributed by atoms with Crippen molar-refractivity contribution >= 4 is 11.8 Å². The van der Waals surface area contributed by atoms with E-state index < -0.39 is 41.5 Å². The van der Waals surface area contributed by atoms with Gasteiger partial charge in [-0.05, 0) is 102 Å². The predicted molar refractivity (Wildman–Crippen MR) is 154 cm³/mol. The lowest BCUT2D eigenvalue weighted by molar-refractivity contribution is -0.228. The summed E-state index contributed by atoms with van der Waals surface area (Å²) in [6.45, 7) is 17.5. The van der Waals surface area contributed by atoms with Crippen molar-refractivity contribution in [2.45, 2.75) is 119 Å². The van der Waals surface area contributed by atoms with Crippen molar-refractivity contribution in [1.29, 1.82) is 0 Å². The Labute approximate surface area is 241 Å². The molecule has 0 bridgehead atoms. The SMILES string of the molecule is CC1(C)CC[C@]2(C)CC[C@]3(C)C(=CC(=O)C4[C@@]5(C)C(C(=O)OCC(O)CO)C[C@H](O)C(C)(C)C5CC[C@]43C)[C@H]2C1. The van der Waals surface area contributed by atoms with Crippen LogP contribution in [0.5, 0.6) is 0 Å². The van der Waals surface area contributed by atoms with Gasteiger partial charge in [0.05, 0.1) is 18.6 Å². The first kappa shape index (κ1) is 30.2. The van der Waals surface area contributed by atoms with Crippen molar-refractivity contribution in [3.63, 3.8) is 0 Å². The van der Waals surface area contributed by atoms with Gasteiger partial charge in [0.2, 0.25) is 0 Å². The molecule has 0 aromatic carbocycles. The Morgan fingerprint density at radius 3 is 2.33 bits per heavy atom. The molecule has 0 amide bonds. The van der Waals surface area contributed by atoms with Gasteiger partial charge < -0.3 is 20.1 Å². The van der Waals surface area contributed by atoms with Gasteiger partial charge in [-0.1, -0.05) is 61.0 Å². The van der Waals surface area contributed by atoms with E-state index in [0.717, 1.165) is 32.1 Å². The van der Waals surface area contributed by atoms with Gasteiger partial charge in [0.25, 0.3) is 0 Å². The molecule has 0 spiro atoms. The van der Waals surface area contributed by atoms with E-state index in [-0.39, 0.29) is 52.3 Å². The van der Waals surface area contributed by atoms with Crippen molar-refractivity contribution in [1.82, 2.24) is 0 Å². The van der Waals surface area contributed by atoms with E-state index in [2.05, 4.69) is 55.4 Å². The highest BCUT2D eigenvalue weighted by atomic mass is 16.5. The zero-order valence-electron chi connectivity index (χ0n) is 26.2. The highest BCUT2D eigenvalue weighted by molar-refractivity contribution is 5.96. The molecule has 5 aliphatic carbocycles. The second-order valence-corrected chi connectivity index (χ2v) is 16.8. The summed E-state index contributed by atoms with van der Waals surface area (Å²) >= 11 is 0. The Morgan fingerprint density at radius 1 is 1.02 bits per heavy atom. The molecule has 0 aliphatic heterocycles. The van der Waals surface area contributed by atoms with Gasteiger partial charge >= 0.3 is 5.97 Å². The Bertz CT molecular complexity index is 1090. The summed E-state index contributed by atoms with van der Waals surface area (Å²) in [6.07, 6.45) is 7.91. The summed E-state index contributed by atoms with van der Waals surface area (Å²) in [7, 11) is 0. The van der Waals surface area contributed by atoms with E-state index in [1.807, 2.05) is 6.08 Å². The van der Waals surface area contributed by atoms with Crippen LogP contribution in [0, 0.1) is 56.2 Å². The molecule has 0 aromatic rings. The van der Waals surface area contributed by atoms with Crippen molar-refractivity contribution in [3.8, 4) is 0 Å². The summed E-state index contributed by atoms with van der Waals surface area (Å²) in [4.78, 5) is 28.4. The highest BCUT2D eigenvalue weighted by Gasteiger charge is 2.72. The minimum Gasteiger partial charge on any atom is -0.463 e. The van der Waals surface area contributed by atoms with Crippen molar-refractivity contribution in [2.75, 3.05) is 13.2 Å². The maximum Gasteiger partial charge on any atom is 0.309 e.